The van der Waals surface area contributed by atoms with Gasteiger partial charge in [-0.1, -0.05) is 17.7 Å². The van der Waals surface area contributed by atoms with Crippen LogP contribution in [0.25, 0.3) is 0 Å². The van der Waals surface area contributed by atoms with Crippen LogP contribution in [0.2, 0.25) is 5.02 Å². The minimum absolute atomic E-state index is 0.133. The van der Waals surface area contributed by atoms with Crippen molar-refractivity contribution in [2.45, 2.75) is 26.7 Å². The zero-order valence-electron chi connectivity index (χ0n) is 15.1. The van der Waals surface area contributed by atoms with Crippen molar-refractivity contribution in [1.82, 2.24) is 0 Å². The summed E-state index contributed by atoms with van der Waals surface area (Å²) in [6.45, 7) is 4.20. The number of rotatable bonds is 7. The highest BCUT2D eigenvalue weighted by molar-refractivity contribution is 6.31. The molecule has 0 bridgehead atoms. The molecule has 0 aromatic heterocycles. The molecule has 0 unspecified atom stereocenters. The standard InChI is InChI=1S/C20H22ClNO4/c1-13-6-7-15(20(24)25-3)12-18(13)22-19(23)5-4-10-26-16-8-9-17(21)14(2)11-16/h6-9,11-12H,4-5,10H2,1-3H3,(H,22,23). The first-order chi connectivity index (χ1) is 12.4. The van der Waals surface area contributed by atoms with E-state index in [1.54, 1.807) is 30.3 Å². The maximum Gasteiger partial charge on any atom is 0.337 e. The predicted molar refractivity (Wildman–Crippen MR) is 102 cm³/mol. The molecule has 0 aliphatic carbocycles. The Balaban J connectivity index is 1.83. The summed E-state index contributed by atoms with van der Waals surface area (Å²) >= 11 is 5.98. The Morgan fingerprint density at radius 3 is 2.54 bits per heavy atom. The van der Waals surface area contributed by atoms with Crippen LogP contribution in [0.1, 0.15) is 34.3 Å². The van der Waals surface area contributed by atoms with E-state index in [2.05, 4.69) is 5.32 Å². The Labute approximate surface area is 158 Å². The van der Waals surface area contributed by atoms with E-state index in [0.29, 0.717) is 35.7 Å². The first-order valence-corrected chi connectivity index (χ1v) is 8.66. The number of ether oxygens (including phenoxy) is 2. The molecule has 0 aliphatic heterocycles. The summed E-state index contributed by atoms with van der Waals surface area (Å²) in [5.41, 5.74) is 2.82. The van der Waals surface area contributed by atoms with Crippen LogP contribution in [0.15, 0.2) is 36.4 Å². The number of halogens is 1. The molecular formula is C20H22ClNO4. The molecule has 0 saturated heterocycles. The summed E-state index contributed by atoms with van der Waals surface area (Å²) in [7, 11) is 1.32. The average Bonchev–Trinajstić information content (AvgIpc) is 2.62. The molecule has 0 fully saturated rings. The number of carbonyl (C=O) groups excluding carboxylic acids is 2. The van der Waals surface area contributed by atoms with E-state index in [1.807, 2.05) is 19.9 Å². The molecule has 2 rings (SSSR count). The first kappa shape index (κ1) is 19.8. The zero-order chi connectivity index (χ0) is 19.1. The molecule has 0 aliphatic rings. The van der Waals surface area contributed by atoms with Gasteiger partial charge in [0.2, 0.25) is 5.91 Å². The number of aryl methyl sites for hydroxylation is 2. The van der Waals surface area contributed by atoms with Crippen LogP contribution >= 0.6 is 11.6 Å². The number of anilines is 1. The van der Waals surface area contributed by atoms with Gasteiger partial charge in [-0.25, -0.2) is 4.79 Å². The summed E-state index contributed by atoms with van der Waals surface area (Å²) in [6.07, 6.45) is 0.887. The van der Waals surface area contributed by atoms with E-state index in [4.69, 9.17) is 21.1 Å². The second kappa shape index (κ2) is 9.25. The number of benzene rings is 2. The lowest BCUT2D eigenvalue weighted by Gasteiger charge is -2.11. The monoisotopic (exact) mass is 375 g/mol. The number of esters is 1. The van der Waals surface area contributed by atoms with Gasteiger partial charge in [0.05, 0.1) is 19.3 Å². The van der Waals surface area contributed by atoms with Gasteiger partial charge in [-0.2, -0.15) is 0 Å². The van der Waals surface area contributed by atoms with E-state index in [9.17, 15) is 9.59 Å². The molecule has 5 nitrogen and oxygen atoms in total. The normalized spacial score (nSPS) is 10.3. The van der Waals surface area contributed by atoms with Crippen LogP contribution in [0, 0.1) is 13.8 Å². The molecule has 6 heteroatoms. The molecule has 1 amide bonds. The van der Waals surface area contributed by atoms with Gasteiger partial charge < -0.3 is 14.8 Å². The van der Waals surface area contributed by atoms with Crippen molar-refractivity contribution in [3.8, 4) is 5.75 Å². The Morgan fingerprint density at radius 2 is 1.85 bits per heavy atom. The van der Waals surface area contributed by atoms with Crippen LogP contribution in [-0.4, -0.2) is 25.6 Å². The number of hydrogen-bond donors (Lipinski definition) is 1. The summed E-state index contributed by atoms with van der Waals surface area (Å²) in [4.78, 5) is 23.7. The summed E-state index contributed by atoms with van der Waals surface area (Å²) < 4.78 is 10.3. The van der Waals surface area contributed by atoms with Crippen molar-refractivity contribution in [3.63, 3.8) is 0 Å². The molecular weight excluding hydrogens is 354 g/mol. The topological polar surface area (TPSA) is 64.6 Å². The number of methoxy groups -OCH3 is 1. The summed E-state index contributed by atoms with van der Waals surface area (Å²) in [5.74, 6) is 0.159. The quantitative estimate of drug-likeness (QED) is 0.570. The lowest BCUT2D eigenvalue weighted by molar-refractivity contribution is -0.116. The van der Waals surface area contributed by atoms with Crippen molar-refractivity contribution in [2.75, 3.05) is 19.0 Å². The van der Waals surface area contributed by atoms with E-state index in [-0.39, 0.29) is 5.91 Å². The minimum Gasteiger partial charge on any atom is -0.494 e. The maximum atomic E-state index is 12.1. The fourth-order valence-corrected chi connectivity index (χ4v) is 2.46. The van der Waals surface area contributed by atoms with Gasteiger partial charge >= 0.3 is 5.97 Å². The van der Waals surface area contributed by atoms with Crippen LogP contribution in [0.4, 0.5) is 5.69 Å². The van der Waals surface area contributed by atoms with Gasteiger partial charge in [0.1, 0.15) is 5.75 Å². The predicted octanol–water partition coefficient (Wildman–Crippen LogP) is 4.54. The number of carbonyl (C=O) groups is 2. The molecule has 0 radical (unpaired) electrons. The largest absolute Gasteiger partial charge is 0.494 e. The minimum atomic E-state index is -0.438. The molecule has 0 atom stereocenters. The third kappa shape index (κ3) is 5.49. The maximum absolute atomic E-state index is 12.1. The first-order valence-electron chi connectivity index (χ1n) is 8.28. The van der Waals surface area contributed by atoms with Gasteiger partial charge in [-0.05, 0) is 61.7 Å². The molecule has 2 aromatic carbocycles. The summed E-state index contributed by atoms with van der Waals surface area (Å²) in [6, 6.07) is 10.5. The van der Waals surface area contributed by atoms with Gasteiger partial charge in [0, 0.05) is 17.1 Å². The second-order valence-electron chi connectivity index (χ2n) is 5.93. The third-order valence-electron chi connectivity index (χ3n) is 3.88. The Hall–Kier alpha value is -2.53. The Morgan fingerprint density at radius 1 is 1.08 bits per heavy atom. The van der Waals surface area contributed by atoms with Crippen molar-refractivity contribution in [2.24, 2.45) is 0 Å². The van der Waals surface area contributed by atoms with E-state index in [0.717, 1.165) is 16.9 Å². The highest BCUT2D eigenvalue weighted by atomic mass is 35.5. The smallest absolute Gasteiger partial charge is 0.337 e. The van der Waals surface area contributed by atoms with Crippen LogP contribution in [0.5, 0.6) is 5.75 Å². The van der Waals surface area contributed by atoms with Crippen LogP contribution < -0.4 is 10.1 Å². The highest BCUT2D eigenvalue weighted by Gasteiger charge is 2.10. The second-order valence-corrected chi connectivity index (χ2v) is 6.34. The van der Waals surface area contributed by atoms with E-state index in [1.165, 1.54) is 7.11 Å². The third-order valence-corrected chi connectivity index (χ3v) is 4.30. The SMILES string of the molecule is COC(=O)c1ccc(C)c(NC(=O)CCCOc2ccc(Cl)c(C)c2)c1. The lowest BCUT2D eigenvalue weighted by atomic mass is 10.1. The molecule has 0 saturated carbocycles. The number of nitrogens with one attached hydrogen (secondary N) is 1. The molecule has 2 aromatic rings. The van der Waals surface area contributed by atoms with Crippen LogP contribution in [-0.2, 0) is 9.53 Å². The lowest BCUT2D eigenvalue weighted by Crippen LogP contribution is -2.14. The number of hydrogen-bond acceptors (Lipinski definition) is 4. The fourth-order valence-electron chi connectivity index (χ4n) is 2.34. The van der Waals surface area contributed by atoms with E-state index < -0.39 is 5.97 Å². The van der Waals surface area contributed by atoms with E-state index >= 15 is 0 Å². The average molecular weight is 376 g/mol. The number of amides is 1. The Kier molecular flexibility index (Phi) is 7.04. The van der Waals surface area contributed by atoms with Crippen molar-refractivity contribution in [1.29, 1.82) is 0 Å². The van der Waals surface area contributed by atoms with Gasteiger partial charge in [-0.3, -0.25) is 4.79 Å². The Bertz CT molecular complexity index is 804. The zero-order valence-corrected chi connectivity index (χ0v) is 15.9. The fraction of sp³-hybridized carbons (Fsp3) is 0.300. The molecule has 0 heterocycles. The van der Waals surface area contributed by atoms with Gasteiger partial charge in [0.25, 0.3) is 0 Å². The van der Waals surface area contributed by atoms with Gasteiger partial charge in [0.15, 0.2) is 0 Å². The highest BCUT2D eigenvalue weighted by Crippen LogP contribution is 2.21. The molecule has 26 heavy (non-hydrogen) atoms. The summed E-state index contributed by atoms with van der Waals surface area (Å²) in [5, 5.41) is 3.52. The molecule has 0 spiro atoms. The van der Waals surface area contributed by atoms with Gasteiger partial charge in [-0.15, -0.1) is 0 Å². The van der Waals surface area contributed by atoms with Crippen molar-refractivity contribution in [3.05, 3.63) is 58.1 Å². The molecule has 1 N–H and O–H groups in total. The van der Waals surface area contributed by atoms with Crippen LogP contribution in [0.3, 0.4) is 0 Å². The van der Waals surface area contributed by atoms with Crippen molar-refractivity contribution < 1.29 is 19.1 Å². The van der Waals surface area contributed by atoms with Crippen molar-refractivity contribution >= 4 is 29.2 Å². The molecule has 138 valence electrons.